The molecular weight excluding hydrogens is 292 g/mol. The number of nitrogens with zero attached hydrogens (tertiary/aromatic N) is 1. The van der Waals surface area contributed by atoms with Crippen LogP contribution >= 0.6 is 11.3 Å². The molecule has 0 bridgehead atoms. The smallest absolute Gasteiger partial charge is 0.119 e. The van der Waals surface area contributed by atoms with Gasteiger partial charge in [-0.15, -0.1) is 11.3 Å². The van der Waals surface area contributed by atoms with E-state index in [1.807, 2.05) is 36.4 Å². The molecule has 0 aliphatic heterocycles. The number of thiazole rings is 1. The fraction of sp³-hybridized carbons (Fsp3) is 0.167. The van der Waals surface area contributed by atoms with Crippen molar-refractivity contribution in [3.63, 3.8) is 0 Å². The summed E-state index contributed by atoms with van der Waals surface area (Å²) in [6, 6.07) is 15.9. The van der Waals surface area contributed by atoms with Crippen LogP contribution in [0.15, 0.2) is 53.9 Å². The minimum Gasteiger partial charge on any atom is -0.493 e. The molecule has 0 aliphatic carbocycles. The minimum atomic E-state index is 0.637. The molecule has 112 valence electrons. The van der Waals surface area contributed by atoms with Crippen molar-refractivity contribution in [2.45, 2.75) is 13.3 Å². The van der Waals surface area contributed by atoms with Gasteiger partial charge in [0.2, 0.25) is 0 Å². The van der Waals surface area contributed by atoms with E-state index < -0.39 is 0 Å². The van der Waals surface area contributed by atoms with E-state index in [2.05, 4.69) is 29.4 Å². The number of rotatable bonds is 5. The van der Waals surface area contributed by atoms with Gasteiger partial charge in [0.25, 0.3) is 0 Å². The molecule has 3 aromatic rings. The molecule has 0 saturated heterocycles. The molecule has 0 fully saturated rings. The fourth-order valence-corrected chi connectivity index (χ4v) is 2.89. The normalized spacial score (nSPS) is 10.6. The van der Waals surface area contributed by atoms with Crippen molar-refractivity contribution in [2.75, 3.05) is 12.3 Å². The van der Waals surface area contributed by atoms with Gasteiger partial charge in [0.05, 0.1) is 17.3 Å². The van der Waals surface area contributed by atoms with Gasteiger partial charge in [0, 0.05) is 23.1 Å². The van der Waals surface area contributed by atoms with Gasteiger partial charge in [-0.1, -0.05) is 29.8 Å². The molecule has 1 heterocycles. The summed E-state index contributed by atoms with van der Waals surface area (Å²) in [6.45, 7) is 2.70. The highest BCUT2D eigenvalue weighted by atomic mass is 32.1. The maximum absolute atomic E-state index is 5.75. The Morgan fingerprint density at radius 2 is 1.77 bits per heavy atom. The predicted octanol–water partition coefficient (Wildman–Crippen LogP) is 4.32. The predicted molar refractivity (Wildman–Crippen MR) is 92.3 cm³/mol. The Morgan fingerprint density at radius 1 is 1.05 bits per heavy atom. The van der Waals surface area contributed by atoms with E-state index in [0.717, 1.165) is 34.1 Å². The van der Waals surface area contributed by atoms with E-state index in [0.29, 0.717) is 6.61 Å². The second-order valence-electron chi connectivity index (χ2n) is 5.16. The van der Waals surface area contributed by atoms with Gasteiger partial charge in [-0.05, 0) is 31.2 Å². The molecule has 4 heteroatoms. The van der Waals surface area contributed by atoms with E-state index in [1.165, 1.54) is 5.56 Å². The summed E-state index contributed by atoms with van der Waals surface area (Å²) >= 11 is 1.66. The highest BCUT2D eigenvalue weighted by Crippen LogP contribution is 2.23. The third-order valence-electron chi connectivity index (χ3n) is 3.36. The number of hydrogen-bond acceptors (Lipinski definition) is 4. The number of benzene rings is 2. The molecule has 0 aliphatic rings. The van der Waals surface area contributed by atoms with E-state index in [1.54, 1.807) is 11.3 Å². The molecule has 2 N–H and O–H groups in total. The lowest BCUT2D eigenvalue weighted by Crippen LogP contribution is -2.01. The van der Waals surface area contributed by atoms with Gasteiger partial charge < -0.3 is 10.5 Å². The average Bonchev–Trinajstić information content (AvgIpc) is 2.99. The van der Waals surface area contributed by atoms with Crippen molar-refractivity contribution in [3.05, 3.63) is 64.5 Å². The molecule has 0 atom stereocenters. The molecule has 0 amide bonds. The average molecular weight is 310 g/mol. The van der Waals surface area contributed by atoms with Crippen LogP contribution in [0.2, 0.25) is 0 Å². The Hall–Kier alpha value is -2.33. The number of ether oxygens (including phenoxy) is 1. The van der Waals surface area contributed by atoms with Crippen LogP contribution < -0.4 is 10.5 Å². The molecular formula is C18H18N2OS. The summed E-state index contributed by atoms with van der Waals surface area (Å²) in [5, 5.41) is 3.16. The Bertz CT molecular complexity index is 733. The lowest BCUT2D eigenvalue weighted by atomic mass is 10.1. The van der Waals surface area contributed by atoms with Crippen LogP contribution in [0.1, 0.15) is 10.6 Å². The standard InChI is InChI=1S/C18H18N2OS/c1-13-2-8-16(9-3-13)21-11-10-18-20-17(12-22-18)14-4-6-15(19)7-5-14/h2-9,12H,10-11,19H2,1H3. The number of aryl methyl sites for hydroxylation is 1. The maximum atomic E-state index is 5.75. The maximum Gasteiger partial charge on any atom is 0.119 e. The number of anilines is 1. The van der Waals surface area contributed by atoms with Crippen molar-refractivity contribution in [1.82, 2.24) is 4.98 Å². The SMILES string of the molecule is Cc1ccc(OCCc2nc(-c3ccc(N)cc3)cs2)cc1. The molecule has 0 saturated carbocycles. The third kappa shape index (κ3) is 3.65. The van der Waals surface area contributed by atoms with Crippen LogP contribution in [0.5, 0.6) is 5.75 Å². The van der Waals surface area contributed by atoms with Gasteiger partial charge in [0.15, 0.2) is 0 Å². The van der Waals surface area contributed by atoms with E-state index in [4.69, 9.17) is 10.5 Å². The number of hydrogen-bond donors (Lipinski definition) is 1. The van der Waals surface area contributed by atoms with Gasteiger partial charge in [-0.25, -0.2) is 4.98 Å². The quantitative estimate of drug-likeness (QED) is 0.714. The largest absolute Gasteiger partial charge is 0.493 e. The Labute approximate surface area is 134 Å². The Morgan fingerprint density at radius 3 is 2.50 bits per heavy atom. The minimum absolute atomic E-state index is 0.637. The lowest BCUT2D eigenvalue weighted by molar-refractivity contribution is 0.322. The van der Waals surface area contributed by atoms with Gasteiger partial charge in [0.1, 0.15) is 5.75 Å². The van der Waals surface area contributed by atoms with E-state index in [9.17, 15) is 0 Å². The summed E-state index contributed by atoms with van der Waals surface area (Å²) in [6.07, 6.45) is 0.813. The summed E-state index contributed by atoms with van der Waals surface area (Å²) < 4.78 is 5.75. The molecule has 1 aromatic heterocycles. The molecule has 0 spiro atoms. The lowest BCUT2D eigenvalue weighted by Gasteiger charge is -2.04. The first-order valence-corrected chi connectivity index (χ1v) is 8.08. The molecule has 3 nitrogen and oxygen atoms in total. The van der Waals surface area contributed by atoms with Gasteiger partial charge >= 0.3 is 0 Å². The second kappa shape index (κ2) is 6.62. The first kappa shape index (κ1) is 14.6. The third-order valence-corrected chi connectivity index (χ3v) is 4.27. The molecule has 0 radical (unpaired) electrons. The van der Waals surface area contributed by atoms with Crippen LogP contribution in [0.4, 0.5) is 5.69 Å². The highest BCUT2D eigenvalue weighted by molar-refractivity contribution is 7.09. The van der Waals surface area contributed by atoms with Crippen LogP contribution in [0.3, 0.4) is 0 Å². The molecule has 3 rings (SSSR count). The van der Waals surface area contributed by atoms with Gasteiger partial charge in [-0.2, -0.15) is 0 Å². The molecule has 2 aromatic carbocycles. The number of nitrogens with two attached hydrogens (primary N) is 1. The molecule has 0 unspecified atom stereocenters. The monoisotopic (exact) mass is 310 g/mol. The summed E-state index contributed by atoms with van der Waals surface area (Å²) in [5.74, 6) is 0.904. The van der Waals surface area contributed by atoms with Crippen molar-refractivity contribution < 1.29 is 4.74 Å². The topological polar surface area (TPSA) is 48.1 Å². The Balaban J connectivity index is 1.57. The first-order chi connectivity index (χ1) is 10.7. The van der Waals surface area contributed by atoms with Crippen molar-refractivity contribution >= 4 is 17.0 Å². The van der Waals surface area contributed by atoms with Crippen molar-refractivity contribution in [3.8, 4) is 17.0 Å². The van der Waals surface area contributed by atoms with E-state index >= 15 is 0 Å². The second-order valence-corrected chi connectivity index (χ2v) is 6.10. The van der Waals surface area contributed by atoms with Crippen LogP contribution in [0.25, 0.3) is 11.3 Å². The number of nitrogen functional groups attached to an aromatic ring is 1. The fourth-order valence-electron chi connectivity index (χ4n) is 2.10. The van der Waals surface area contributed by atoms with Crippen molar-refractivity contribution in [1.29, 1.82) is 0 Å². The van der Waals surface area contributed by atoms with Gasteiger partial charge in [-0.3, -0.25) is 0 Å². The van der Waals surface area contributed by atoms with Crippen LogP contribution in [-0.4, -0.2) is 11.6 Å². The zero-order valence-electron chi connectivity index (χ0n) is 12.5. The summed E-state index contributed by atoms with van der Waals surface area (Å²) in [7, 11) is 0. The van der Waals surface area contributed by atoms with Crippen LogP contribution in [0, 0.1) is 6.92 Å². The zero-order chi connectivity index (χ0) is 15.4. The van der Waals surface area contributed by atoms with Crippen LogP contribution in [-0.2, 0) is 6.42 Å². The van der Waals surface area contributed by atoms with Crippen molar-refractivity contribution in [2.24, 2.45) is 0 Å². The summed E-state index contributed by atoms with van der Waals surface area (Å²) in [4.78, 5) is 4.65. The van der Waals surface area contributed by atoms with E-state index in [-0.39, 0.29) is 0 Å². The molecule has 22 heavy (non-hydrogen) atoms. The first-order valence-electron chi connectivity index (χ1n) is 7.20. The summed E-state index contributed by atoms with van der Waals surface area (Å²) in [5.41, 5.74) is 9.80. The Kier molecular flexibility index (Phi) is 4.39. The number of aromatic nitrogens is 1. The highest BCUT2D eigenvalue weighted by Gasteiger charge is 2.05. The zero-order valence-corrected chi connectivity index (χ0v) is 13.3.